The molecule has 1 fully saturated rings. The number of halogens is 1. The van der Waals surface area contributed by atoms with Crippen LogP contribution in [0.15, 0.2) is 34.8 Å². The third-order valence-corrected chi connectivity index (χ3v) is 4.62. The maximum atomic E-state index is 12.7. The molecule has 1 aromatic heterocycles. The Bertz CT molecular complexity index is 759. The minimum absolute atomic E-state index is 0.249. The normalized spacial score (nSPS) is 20.3. The summed E-state index contributed by atoms with van der Waals surface area (Å²) in [4.78, 5) is 25.4. The van der Waals surface area contributed by atoms with Crippen molar-refractivity contribution in [3.8, 4) is 11.3 Å². The average molecular weight is 394 g/mol. The molecule has 0 aliphatic carbocycles. The highest BCUT2D eigenvalue weighted by atomic mass is 79.9. The lowest BCUT2D eigenvalue weighted by Crippen LogP contribution is -2.40. The molecular formula is C16H16BrN3O4. The van der Waals surface area contributed by atoms with Crippen molar-refractivity contribution in [2.75, 3.05) is 13.7 Å². The molecule has 0 saturated carbocycles. The number of methoxy groups -OCH3 is 1. The average Bonchev–Trinajstić information content (AvgIpc) is 3.22. The number of likely N-dealkylation sites (tertiary alicyclic amines) is 1. The van der Waals surface area contributed by atoms with E-state index < -0.39 is 17.9 Å². The number of amides is 1. The van der Waals surface area contributed by atoms with Crippen molar-refractivity contribution >= 4 is 27.8 Å². The number of aromatic nitrogens is 2. The fourth-order valence-electron chi connectivity index (χ4n) is 2.78. The van der Waals surface area contributed by atoms with Crippen LogP contribution in [0.5, 0.6) is 0 Å². The van der Waals surface area contributed by atoms with Crippen molar-refractivity contribution in [3.63, 3.8) is 0 Å². The smallest absolute Gasteiger partial charge is 0.326 e. The number of benzene rings is 1. The standard InChI is InChI=1S/C16H16BrN3O4/c1-24-11-6-14(16(22)23)20(8-11)15(21)13-7-12(18-19-13)9-2-4-10(17)5-3-9/h2-5,7,11,14H,6,8H2,1H3,(H,18,19)(H,22,23). The number of nitrogens with zero attached hydrogens (tertiary/aromatic N) is 2. The molecule has 0 radical (unpaired) electrons. The van der Waals surface area contributed by atoms with Crippen molar-refractivity contribution in [1.29, 1.82) is 0 Å². The summed E-state index contributed by atoms with van der Waals surface area (Å²) < 4.78 is 6.16. The van der Waals surface area contributed by atoms with Crippen LogP contribution in [0.2, 0.25) is 0 Å². The van der Waals surface area contributed by atoms with Crippen molar-refractivity contribution in [2.45, 2.75) is 18.6 Å². The Labute approximate surface area is 146 Å². The summed E-state index contributed by atoms with van der Waals surface area (Å²) in [5, 5.41) is 16.2. The highest BCUT2D eigenvalue weighted by molar-refractivity contribution is 9.10. The number of ether oxygens (including phenoxy) is 1. The Morgan fingerprint density at radius 1 is 1.38 bits per heavy atom. The molecule has 24 heavy (non-hydrogen) atoms. The number of H-pyrrole nitrogens is 1. The van der Waals surface area contributed by atoms with Gasteiger partial charge < -0.3 is 14.7 Å². The fraction of sp³-hybridized carbons (Fsp3) is 0.312. The number of rotatable bonds is 4. The van der Waals surface area contributed by atoms with Crippen molar-refractivity contribution in [1.82, 2.24) is 15.1 Å². The van der Waals surface area contributed by atoms with E-state index in [0.29, 0.717) is 5.69 Å². The zero-order valence-electron chi connectivity index (χ0n) is 12.9. The molecule has 0 bridgehead atoms. The second-order valence-corrected chi connectivity index (χ2v) is 6.49. The molecule has 1 aromatic carbocycles. The number of aliphatic carboxylic acids is 1. The van der Waals surface area contributed by atoms with E-state index in [0.717, 1.165) is 10.0 Å². The van der Waals surface area contributed by atoms with Crippen LogP contribution in [0.1, 0.15) is 16.9 Å². The van der Waals surface area contributed by atoms with E-state index in [1.54, 1.807) is 6.07 Å². The van der Waals surface area contributed by atoms with Crippen LogP contribution in [0.25, 0.3) is 11.3 Å². The first-order valence-corrected chi connectivity index (χ1v) is 8.17. The van der Waals surface area contributed by atoms with Crippen LogP contribution in [-0.2, 0) is 9.53 Å². The molecule has 1 aliphatic rings. The Kier molecular flexibility index (Phi) is 4.68. The van der Waals surface area contributed by atoms with Gasteiger partial charge in [-0.3, -0.25) is 9.89 Å². The molecule has 2 atom stereocenters. The number of aromatic amines is 1. The molecule has 2 aromatic rings. The van der Waals surface area contributed by atoms with E-state index in [-0.39, 0.29) is 24.8 Å². The predicted molar refractivity (Wildman–Crippen MR) is 89.6 cm³/mol. The van der Waals surface area contributed by atoms with Gasteiger partial charge in [-0.25, -0.2) is 4.79 Å². The van der Waals surface area contributed by atoms with Gasteiger partial charge in [-0.1, -0.05) is 28.1 Å². The summed E-state index contributed by atoms with van der Waals surface area (Å²) in [6.45, 7) is 0.249. The van der Waals surface area contributed by atoms with E-state index in [1.807, 2.05) is 24.3 Å². The molecule has 126 valence electrons. The quantitative estimate of drug-likeness (QED) is 0.829. The van der Waals surface area contributed by atoms with Gasteiger partial charge in [-0.15, -0.1) is 0 Å². The van der Waals surface area contributed by atoms with Crippen molar-refractivity contribution in [3.05, 3.63) is 40.5 Å². The van der Waals surface area contributed by atoms with Gasteiger partial charge >= 0.3 is 5.97 Å². The van der Waals surface area contributed by atoms with Crippen molar-refractivity contribution < 1.29 is 19.4 Å². The minimum Gasteiger partial charge on any atom is -0.480 e. The van der Waals surface area contributed by atoms with E-state index in [4.69, 9.17) is 4.74 Å². The van der Waals surface area contributed by atoms with Gasteiger partial charge in [0.2, 0.25) is 0 Å². The number of carbonyl (C=O) groups excluding carboxylic acids is 1. The predicted octanol–water partition coefficient (Wildman–Crippen LogP) is 2.15. The number of hydrogen-bond donors (Lipinski definition) is 2. The van der Waals surface area contributed by atoms with Gasteiger partial charge in [0.05, 0.1) is 11.8 Å². The third-order valence-electron chi connectivity index (χ3n) is 4.09. The molecule has 8 heteroatoms. The van der Waals surface area contributed by atoms with Gasteiger partial charge in [0.25, 0.3) is 5.91 Å². The maximum Gasteiger partial charge on any atom is 0.326 e. The first kappa shape index (κ1) is 16.7. The summed E-state index contributed by atoms with van der Waals surface area (Å²) >= 11 is 3.37. The Morgan fingerprint density at radius 2 is 2.08 bits per heavy atom. The summed E-state index contributed by atoms with van der Waals surface area (Å²) in [5.74, 6) is -1.42. The number of nitrogens with one attached hydrogen (secondary N) is 1. The van der Waals surface area contributed by atoms with E-state index in [2.05, 4.69) is 26.1 Å². The lowest BCUT2D eigenvalue weighted by atomic mass is 10.1. The van der Waals surface area contributed by atoms with Crippen LogP contribution < -0.4 is 0 Å². The Morgan fingerprint density at radius 3 is 2.71 bits per heavy atom. The van der Waals surface area contributed by atoms with Gasteiger partial charge in [-0.05, 0) is 18.2 Å². The minimum atomic E-state index is -1.03. The van der Waals surface area contributed by atoms with E-state index >= 15 is 0 Å². The highest BCUT2D eigenvalue weighted by Gasteiger charge is 2.40. The third kappa shape index (κ3) is 3.20. The van der Waals surface area contributed by atoms with Crippen LogP contribution >= 0.6 is 15.9 Å². The molecular weight excluding hydrogens is 378 g/mol. The van der Waals surface area contributed by atoms with Gasteiger partial charge in [0.1, 0.15) is 11.7 Å². The SMILES string of the molecule is COC1CC(C(=O)O)N(C(=O)c2cc(-c3ccc(Br)cc3)n[nH]2)C1. The monoisotopic (exact) mass is 393 g/mol. The number of hydrogen-bond acceptors (Lipinski definition) is 4. The maximum absolute atomic E-state index is 12.7. The molecule has 7 nitrogen and oxygen atoms in total. The molecule has 1 amide bonds. The number of carboxylic acids is 1. The van der Waals surface area contributed by atoms with Crippen molar-refractivity contribution in [2.24, 2.45) is 0 Å². The first-order valence-electron chi connectivity index (χ1n) is 7.37. The molecule has 2 N–H and O–H groups in total. The number of carboxylic acid groups (broad SMARTS) is 1. The molecule has 1 aliphatic heterocycles. The molecule has 2 unspecified atom stereocenters. The lowest BCUT2D eigenvalue weighted by molar-refractivity contribution is -0.141. The Hall–Kier alpha value is -2.19. The highest BCUT2D eigenvalue weighted by Crippen LogP contribution is 2.24. The van der Waals surface area contributed by atoms with Crippen LogP contribution in [0.4, 0.5) is 0 Å². The zero-order chi connectivity index (χ0) is 17.3. The molecule has 2 heterocycles. The fourth-order valence-corrected chi connectivity index (χ4v) is 3.05. The van der Waals surface area contributed by atoms with E-state index in [9.17, 15) is 14.7 Å². The molecule has 1 saturated heterocycles. The summed E-state index contributed by atoms with van der Waals surface area (Å²) in [6.07, 6.45) is 0.00886. The summed E-state index contributed by atoms with van der Waals surface area (Å²) in [7, 11) is 1.51. The second-order valence-electron chi connectivity index (χ2n) is 5.58. The van der Waals surface area contributed by atoms with Crippen LogP contribution in [0.3, 0.4) is 0 Å². The molecule has 0 spiro atoms. The van der Waals surface area contributed by atoms with Crippen LogP contribution in [-0.4, -0.2) is 57.9 Å². The topological polar surface area (TPSA) is 95.5 Å². The first-order chi connectivity index (χ1) is 11.5. The van der Waals surface area contributed by atoms with Gasteiger partial charge in [0.15, 0.2) is 0 Å². The zero-order valence-corrected chi connectivity index (χ0v) is 14.5. The summed E-state index contributed by atoms with van der Waals surface area (Å²) in [5.41, 5.74) is 1.75. The summed E-state index contributed by atoms with van der Waals surface area (Å²) in [6, 6.07) is 8.27. The van der Waals surface area contributed by atoms with Crippen LogP contribution in [0, 0.1) is 0 Å². The second kappa shape index (κ2) is 6.74. The largest absolute Gasteiger partial charge is 0.480 e. The van der Waals surface area contributed by atoms with Gasteiger partial charge in [0, 0.05) is 30.1 Å². The Balaban J connectivity index is 1.82. The lowest BCUT2D eigenvalue weighted by Gasteiger charge is -2.20. The van der Waals surface area contributed by atoms with E-state index in [1.165, 1.54) is 12.0 Å². The molecule has 3 rings (SSSR count). The number of carbonyl (C=O) groups is 2. The van der Waals surface area contributed by atoms with Gasteiger partial charge in [-0.2, -0.15) is 5.10 Å².